The predicted molar refractivity (Wildman–Crippen MR) is 91.3 cm³/mol. The Balaban J connectivity index is 0.00000361. The molecule has 0 heterocycles. The van der Waals surface area contributed by atoms with Crippen LogP contribution < -0.4 is 16.7 Å². The maximum atomic E-state index is 5.99. The Morgan fingerprint density at radius 2 is 2.00 bits per heavy atom. The van der Waals surface area contributed by atoms with Crippen LogP contribution in [0.4, 0.5) is 5.69 Å². The highest BCUT2D eigenvalue weighted by atomic mass is 32.2. The van der Waals surface area contributed by atoms with Crippen molar-refractivity contribution in [3.05, 3.63) is 30.3 Å². The lowest BCUT2D eigenvalue weighted by Crippen LogP contribution is -2.45. The van der Waals surface area contributed by atoms with Crippen molar-refractivity contribution in [1.29, 1.82) is 0 Å². The number of anilines is 1. The smallest absolute Gasteiger partial charge is 0.249 e. The molecule has 0 amide bonds. The summed E-state index contributed by atoms with van der Waals surface area (Å²) in [6.07, 6.45) is 2.11. The largest absolute Gasteiger partial charge is 0.320 e. The molecule has 8 heteroatoms. The first-order chi connectivity index (χ1) is 9.20. The summed E-state index contributed by atoms with van der Waals surface area (Å²) in [5, 5.41) is 5.12. The minimum atomic E-state index is 0. The van der Waals surface area contributed by atoms with Gasteiger partial charge in [-0.1, -0.05) is 31.5 Å². The van der Waals surface area contributed by atoms with E-state index >= 15 is 0 Å². The van der Waals surface area contributed by atoms with Crippen molar-refractivity contribution in [2.45, 2.75) is 19.8 Å². The fourth-order valence-electron chi connectivity index (χ4n) is 1.35. The van der Waals surface area contributed by atoms with Crippen LogP contribution >= 0.6 is 25.7 Å². The monoisotopic (exact) mass is 317 g/mol. The fraction of sp³-hybridized carbons (Fsp3) is 0.417. The van der Waals surface area contributed by atoms with Crippen LogP contribution in [0.25, 0.3) is 0 Å². The number of para-hydroxylation sites is 1. The molecule has 20 heavy (non-hydrogen) atoms. The Bertz CT molecular complexity index is 391. The topological polar surface area (TPSA) is 80.1 Å². The molecule has 0 saturated heterocycles. The highest BCUT2D eigenvalue weighted by Crippen LogP contribution is 2.16. The van der Waals surface area contributed by atoms with Gasteiger partial charge >= 0.3 is 0 Å². The molecule has 0 bridgehead atoms. The molecule has 0 aromatic heterocycles. The van der Waals surface area contributed by atoms with Crippen molar-refractivity contribution in [3.63, 3.8) is 0 Å². The summed E-state index contributed by atoms with van der Waals surface area (Å²) in [5.41, 5.74) is 0.799. The molecule has 1 rings (SSSR count). The number of hydrogen-bond acceptors (Lipinski definition) is 5. The Morgan fingerprint density at radius 3 is 2.55 bits per heavy atom. The van der Waals surface area contributed by atoms with Crippen molar-refractivity contribution < 1.29 is 4.18 Å². The molecule has 6 nitrogen and oxygen atoms in total. The third-order valence-electron chi connectivity index (χ3n) is 2.39. The van der Waals surface area contributed by atoms with E-state index in [4.69, 9.17) is 15.9 Å². The normalized spacial score (nSPS) is 10.8. The first kappa shape index (κ1) is 18.9. The minimum absolute atomic E-state index is 0. The average Bonchev–Trinajstić information content (AvgIpc) is 2.45. The molecule has 1 aromatic carbocycles. The molecule has 0 fully saturated rings. The average molecular weight is 317 g/mol. The maximum absolute atomic E-state index is 5.99. The third kappa shape index (κ3) is 5.91. The molecule has 4 N–H and O–H groups in total. The number of nitrogens with two attached hydrogens (primary N) is 2. The summed E-state index contributed by atoms with van der Waals surface area (Å²) in [5.74, 6) is 11.8. The predicted octanol–water partition coefficient (Wildman–Crippen LogP) is 2.02. The lowest BCUT2D eigenvalue weighted by Gasteiger charge is -2.26. The molecule has 0 aliphatic rings. The lowest BCUT2D eigenvalue weighted by atomic mass is 10.3. The van der Waals surface area contributed by atoms with Crippen LogP contribution in [-0.4, -0.2) is 23.9 Å². The number of hydrazine groups is 1. The Labute approximate surface area is 131 Å². The summed E-state index contributed by atoms with van der Waals surface area (Å²) in [7, 11) is 1.80. The number of unbranched alkanes of at least 4 members (excludes halogenated alkanes) is 1. The molecule has 0 atom stereocenters. The SMILES string of the molecule is CCCCOSN(C)/C(=N/N)N(N)c1ccccc1.S. The molecule has 0 spiro atoms. The van der Waals surface area contributed by atoms with Gasteiger partial charge in [-0.3, -0.25) is 8.49 Å². The van der Waals surface area contributed by atoms with E-state index < -0.39 is 0 Å². The number of nitrogens with zero attached hydrogens (tertiary/aromatic N) is 3. The molecule has 0 radical (unpaired) electrons. The zero-order valence-electron chi connectivity index (χ0n) is 11.8. The van der Waals surface area contributed by atoms with Crippen LogP contribution in [0.5, 0.6) is 0 Å². The van der Waals surface area contributed by atoms with Gasteiger partial charge in [-0.15, -0.1) is 5.10 Å². The second kappa shape index (κ2) is 10.7. The molecule has 114 valence electrons. The molecule has 0 unspecified atom stereocenters. The molecule has 0 aliphatic heterocycles. The minimum Gasteiger partial charge on any atom is -0.320 e. The molecule has 0 saturated carbocycles. The zero-order valence-corrected chi connectivity index (χ0v) is 13.6. The van der Waals surface area contributed by atoms with Gasteiger partial charge in [0.15, 0.2) is 0 Å². The summed E-state index contributed by atoms with van der Waals surface area (Å²) < 4.78 is 7.11. The Kier molecular flexibility index (Phi) is 10.1. The second-order valence-corrected chi connectivity index (χ2v) is 4.81. The van der Waals surface area contributed by atoms with Crippen molar-refractivity contribution in [2.75, 3.05) is 18.7 Å². The molecular formula is C12H23N5OS2. The van der Waals surface area contributed by atoms with E-state index in [2.05, 4.69) is 12.0 Å². The highest BCUT2D eigenvalue weighted by molar-refractivity contribution is 7.92. The van der Waals surface area contributed by atoms with Gasteiger partial charge in [0.05, 0.1) is 12.3 Å². The summed E-state index contributed by atoms with van der Waals surface area (Å²) in [4.78, 5) is 0. The van der Waals surface area contributed by atoms with Gasteiger partial charge in [0.1, 0.15) is 12.2 Å². The van der Waals surface area contributed by atoms with E-state index in [9.17, 15) is 0 Å². The van der Waals surface area contributed by atoms with Crippen LogP contribution in [0.2, 0.25) is 0 Å². The lowest BCUT2D eigenvalue weighted by molar-refractivity contribution is 0.351. The molecule has 0 aliphatic carbocycles. The standard InChI is InChI=1S/C12H21N5OS.H2S/c1-3-4-10-18-19-16(2)12(15-13)17(14)11-8-6-5-7-9-11;/h5-9H,3-4,10,13-14H2,1-2H3;1H2/b15-12-;. The van der Waals surface area contributed by atoms with Gasteiger partial charge in [-0.25, -0.2) is 10.9 Å². The number of benzene rings is 1. The fourth-order valence-corrected chi connectivity index (χ4v) is 1.90. The third-order valence-corrected chi connectivity index (χ3v) is 3.05. The quantitative estimate of drug-likeness (QED) is 0.159. The first-order valence-electron chi connectivity index (χ1n) is 6.11. The van der Waals surface area contributed by atoms with Gasteiger partial charge in [-0.05, 0) is 18.6 Å². The van der Waals surface area contributed by atoms with Crippen molar-refractivity contribution >= 4 is 37.4 Å². The van der Waals surface area contributed by atoms with Crippen LogP contribution in [0, 0.1) is 0 Å². The van der Waals surface area contributed by atoms with Crippen molar-refractivity contribution in [2.24, 2.45) is 16.8 Å². The van der Waals surface area contributed by atoms with Crippen LogP contribution in [0.1, 0.15) is 19.8 Å². The maximum Gasteiger partial charge on any atom is 0.249 e. The van der Waals surface area contributed by atoms with Crippen LogP contribution in [-0.2, 0) is 4.18 Å². The highest BCUT2D eigenvalue weighted by Gasteiger charge is 2.15. The molecular weight excluding hydrogens is 294 g/mol. The number of hydrogen-bond donors (Lipinski definition) is 2. The number of rotatable bonds is 6. The van der Waals surface area contributed by atoms with Crippen molar-refractivity contribution in [3.8, 4) is 0 Å². The van der Waals surface area contributed by atoms with E-state index in [0.29, 0.717) is 12.6 Å². The van der Waals surface area contributed by atoms with Gasteiger partial charge in [-0.2, -0.15) is 13.5 Å². The van der Waals surface area contributed by atoms with E-state index in [1.165, 1.54) is 17.2 Å². The summed E-state index contributed by atoms with van der Waals surface area (Å²) >= 11 is 1.17. The Morgan fingerprint density at radius 1 is 1.35 bits per heavy atom. The van der Waals surface area contributed by atoms with Crippen LogP contribution in [0.3, 0.4) is 0 Å². The summed E-state index contributed by atoms with van der Waals surface area (Å²) in [6, 6.07) is 9.47. The van der Waals surface area contributed by atoms with Gasteiger partial charge in [0.25, 0.3) is 0 Å². The van der Waals surface area contributed by atoms with E-state index in [1.807, 2.05) is 30.3 Å². The zero-order chi connectivity index (χ0) is 14.1. The van der Waals surface area contributed by atoms with Crippen molar-refractivity contribution in [1.82, 2.24) is 4.31 Å². The second-order valence-electron chi connectivity index (χ2n) is 3.88. The van der Waals surface area contributed by atoms with E-state index in [1.54, 1.807) is 11.4 Å². The first-order valence-corrected chi connectivity index (χ1v) is 6.81. The summed E-state index contributed by atoms with van der Waals surface area (Å²) in [6.45, 7) is 2.79. The van der Waals surface area contributed by atoms with Gasteiger partial charge in [0.2, 0.25) is 5.96 Å². The Hall–Kier alpha value is -1.09. The van der Waals surface area contributed by atoms with Gasteiger partial charge < -0.3 is 5.84 Å². The number of guanidine groups is 1. The number of hydrazone groups is 1. The van der Waals surface area contributed by atoms with Gasteiger partial charge in [0, 0.05) is 7.05 Å². The molecule has 1 aromatic rings. The van der Waals surface area contributed by atoms with E-state index in [0.717, 1.165) is 18.5 Å². The van der Waals surface area contributed by atoms with E-state index in [-0.39, 0.29) is 13.5 Å². The van der Waals surface area contributed by atoms with Crippen LogP contribution in [0.15, 0.2) is 35.4 Å².